The van der Waals surface area contributed by atoms with Gasteiger partial charge < -0.3 is 0 Å². The van der Waals surface area contributed by atoms with Gasteiger partial charge in [-0.1, -0.05) is 35.9 Å². The average molecular weight is 388 g/mol. The molecule has 0 saturated heterocycles. The predicted octanol–water partition coefficient (Wildman–Crippen LogP) is 3.85. The van der Waals surface area contributed by atoms with E-state index in [-0.39, 0.29) is 11.8 Å². The lowest BCUT2D eigenvalue weighted by molar-refractivity contribution is 0.528. The summed E-state index contributed by atoms with van der Waals surface area (Å²) in [6.07, 6.45) is 5.29. The van der Waals surface area contributed by atoms with E-state index in [1.807, 2.05) is 36.4 Å². The van der Waals surface area contributed by atoms with Crippen LogP contribution in [0.3, 0.4) is 0 Å². The number of para-hydroxylation sites is 1. The third kappa shape index (κ3) is 3.87. The van der Waals surface area contributed by atoms with E-state index in [0.717, 1.165) is 29.3 Å². The lowest BCUT2D eigenvalue weighted by Crippen LogP contribution is -2.31. The summed E-state index contributed by atoms with van der Waals surface area (Å²) in [5.41, 5.74) is 2.26. The van der Waals surface area contributed by atoms with E-state index in [1.54, 1.807) is 18.5 Å². The van der Waals surface area contributed by atoms with Crippen LogP contribution in [0.5, 0.6) is 0 Å². The first-order valence-electron chi connectivity index (χ1n) is 8.46. The van der Waals surface area contributed by atoms with Crippen molar-refractivity contribution in [2.75, 3.05) is 0 Å². The molecule has 1 aliphatic rings. The molecule has 0 amide bonds. The summed E-state index contributed by atoms with van der Waals surface area (Å²) in [4.78, 5) is 8.32. The van der Waals surface area contributed by atoms with E-state index >= 15 is 0 Å². The van der Waals surface area contributed by atoms with Gasteiger partial charge in [-0.3, -0.25) is 4.98 Å². The number of nitrogens with one attached hydrogen (secondary N) is 1. The molecule has 1 saturated carbocycles. The van der Waals surface area contributed by atoms with Crippen molar-refractivity contribution < 1.29 is 8.42 Å². The van der Waals surface area contributed by atoms with Crippen LogP contribution in [0.15, 0.2) is 54.9 Å². The van der Waals surface area contributed by atoms with Crippen LogP contribution >= 0.6 is 11.6 Å². The first-order valence-corrected chi connectivity index (χ1v) is 10.5. The molecule has 1 fully saturated rings. The normalized spacial score (nSPS) is 15.9. The van der Waals surface area contributed by atoms with Gasteiger partial charge in [0.2, 0.25) is 10.0 Å². The van der Waals surface area contributed by atoms with E-state index in [0.29, 0.717) is 16.6 Å². The zero-order chi connectivity index (χ0) is 18.1. The minimum atomic E-state index is -3.54. The SMILES string of the molecule is O=S(=O)(Cc1cccc2cccnc12)NC(c1ccnc(Cl)c1)C1CC1. The van der Waals surface area contributed by atoms with Gasteiger partial charge in [0.25, 0.3) is 0 Å². The molecule has 1 aliphatic carbocycles. The number of sulfonamides is 1. The Morgan fingerprint density at radius 2 is 1.92 bits per heavy atom. The van der Waals surface area contributed by atoms with Crippen LogP contribution in [0.4, 0.5) is 0 Å². The van der Waals surface area contributed by atoms with Crippen molar-refractivity contribution in [3.8, 4) is 0 Å². The summed E-state index contributed by atoms with van der Waals surface area (Å²) in [5, 5.41) is 1.30. The minimum Gasteiger partial charge on any atom is -0.256 e. The molecule has 134 valence electrons. The smallest absolute Gasteiger partial charge is 0.216 e. The van der Waals surface area contributed by atoms with Crippen LogP contribution < -0.4 is 4.72 Å². The van der Waals surface area contributed by atoms with Crippen molar-refractivity contribution in [1.82, 2.24) is 14.7 Å². The number of pyridine rings is 2. The molecule has 1 atom stereocenters. The molecule has 4 rings (SSSR count). The number of nitrogens with zero attached hydrogens (tertiary/aromatic N) is 2. The standard InChI is InChI=1S/C19H18ClN3O2S/c20-17-11-15(8-10-21-17)19(14-6-7-14)23-26(24,25)12-16-4-1-3-13-5-2-9-22-18(13)16/h1-5,8-11,14,19,23H,6-7,12H2. The summed E-state index contributed by atoms with van der Waals surface area (Å²) in [7, 11) is -3.54. The lowest BCUT2D eigenvalue weighted by atomic mass is 10.1. The zero-order valence-electron chi connectivity index (χ0n) is 14.0. The molecular formula is C19H18ClN3O2S. The lowest BCUT2D eigenvalue weighted by Gasteiger charge is -2.19. The van der Waals surface area contributed by atoms with E-state index in [2.05, 4.69) is 14.7 Å². The number of hydrogen-bond donors (Lipinski definition) is 1. The Morgan fingerprint density at radius 3 is 2.69 bits per heavy atom. The molecule has 1 N–H and O–H groups in total. The van der Waals surface area contributed by atoms with Crippen LogP contribution in [0.25, 0.3) is 10.9 Å². The van der Waals surface area contributed by atoms with Crippen LogP contribution in [-0.4, -0.2) is 18.4 Å². The minimum absolute atomic E-state index is 0.108. The fourth-order valence-corrected chi connectivity index (χ4v) is 4.82. The van der Waals surface area contributed by atoms with Crippen molar-refractivity contribution in [1.29, 1.82) is 0 Å². The van der Waals surface area contributed by atoms with Crippen LogP contribution in [-0.2, 0) is 15.8 Å². The van der Waals surface area contributed by atoms with E-state index in [4.69, 9.17) is 11.6 Å². The van der Waals surface area contributed by atoms with E-state index < -0.39 is 10.0 Å². The number of rotatable bonds is 6. The fourth-order valence-electron chi connectivity index (χ4n) is 3.20. The highest BCUT2D eigenvalue weighted by molar-refractivity contribution is 7.88. The highest BCUT2D eigenvalue weighted by atomic mass is 35.5. The summed E-state index contributed by atoms with van der Waals surface area (Å²) in [6, 6.07) is 12.6. The van der Waals surface area contributed by atoms with Gasteiger partial charge in [0, 0.05) is 23.8 Å². The third-order valence-electron chi connectivity index (χ3n) is 4.57. The average Bonchev–Trinajstić information content (AvgIpc) is 3.45. The number of halogens is 1. The maximum Gasteiger partial charge on any atom is 0.216 e. The van der Waals surface area contributed by atoms with Gasteiger partial charge in [-0.2, -0.15) is 0 Å². The highest BCUT2D eigenvalue weighted by Gasteiger charge is 2.35. The summed E-state index contributed by atoms with van der Waals surface area (Å²) in [6.45, 7) is 0. The summed E-state index contributed by atoms with van der Waals surface area (Å²) >= 11 is 5.98. The molecule has 1 aromatic carbocycles. The van der Waals surface area contributed by atoms with Crippen LogP contribution in [0.1, 0.15) is 30.0 Å². The molecule has 0 radical (unpaired) electrons. The Morgan fingerprint density at radius 1 is 1.12 bits per heavy atom. The molecule has 3 aromatic rings. The molecule has 5 nitrogen and oxygen atoms in total. The molecule has 0 spiro atoms. The molecule has 2 heterocycles. The largest absolute Gasteiger partial charge is 0.256 e. The van der Waals surface area contributed by atoms with Crippen molar-refractivity contribution in [3.05, 3.63) is 71.1 Å². The maximum atomic E-state index is 12.9. The predicted molar refractivity (Wildman–Crippen MR) is 102 cm³/mol. The van der Waals surface area contributed by atoms with Crippen molar-refractivity contribution in [2.24, 2.45) is 5.92 Å². The molecule has 2 aromatic heterocycles. The Labute approximate surface area is 157 Å². The highest BCUT2D eigenvalue weighted by Crippen LogP contribution is 2.41. The van der Waals surface area contributed by atoms with Gasteiger partial charge >= 0.3 is 0 Å². The molecule has 0 bridgehead atoms. The van der Waals surface area contributed by atoms with Gasteiger partial charge in [0.1, 0.15) is 5.15 Å². The Bertz CT molecular complexity index is 1050. The van der Waals surface area contributed by atoms with Crippen molar-refractivity contribution in [3.63, 3.8) is 0 Å². The fraction of sp³-hybridized carbons (Fsp3) is 0.263. The second-order valence-electron chi connectivity index (χ2n) is 6.60. The van der Waals surface area contributed by atoms with Gasteiger partial charge in [0.05, 0.1) is 11.3 Å². The molecule has 0 aliphatic heterocycles. The van der Waals surface area contributed by atoms with Crippen LogP contribution in [0, 0.1) is 5.92 Å². The molecule has 7 heteroatoms. The van der Waals surface area contributed by atoms with Gasteiger partial charge in [0.15, 0.2) is 0 Å². The van der Waals surface area contributed by atoms with Gasteiger partial charge in [-0.05, 0) is 48.1 Å². The molecular weight excluding hydrogens is 370 g/mol. The topological polar surface area (TPSA) is 72.0 Å². The Kier molecular flexibility index (Phi) is 4.65. The third-order valence-corrected chi connectivity index (χ3v) is 6.08. The summed E-state index contributed by atoms with van der Waals surface area (Å²) in [5.74, 6) is 0.192. The quantitative estimate of drug-likeness (QED) is 0.652. The second kappa shape index (κ2) is 6.95. The van der Waals surface area contributed by atoms with Crippen LogP contribution in [0.2, 0.25) is 5.15 Å². The number of aromatic nitrogens is 2. The van der Waals surface area contributed by atoms with Gasteiger partial charge in [-0.25, -0.2) is 18.1 Å². The monoisotopic (exact) mass is 387 g/mol. The first kappa shape index (κ1) is 17.4. The maximum absolute atomic E-state index is 12.9. The number of benzene rings is 1. The van der Waals surface area contributed by atoms with E-state index in [1.165, 1.54) is 0 Å². The first-order chi connectivity index (χ1) is 12.5. The number of fused-ring (bicyclic) bond motifs is 1. The van der Waals surface area contributed by atoms with E-state index in [9.17, 15) is 8.42 Å². The Hall–Kier alpha value is -2.02. The molecule has 1 unspecified atom stereocenters. The molecule has 26 heavy (non-hydrogen) atoms. The number of hydrogen-bond acceptors (Lipinski definition) is 4. The summed E-state index contributed by atoms with van der Waals surface area (Å²) < 4.78 is 28.6. The zero-order valence-corrected chi connectivity index (χ0v) is 15.5. The van der Waals surface area contributed by atoms with Crippen molar-refractivity contribution >= 4 is 32.5 Å². The second-order valence-corrected chi connectivity index (χ2v) is 8.74. The van der Waals surface area contributed by atoms with Crippen molar-refractivity contribution in [2.45, 2.75) is 24.6 Å². The Balaban J connectivity index is 1.61. The van der Waals surface area contributed by atoms with Gasteiger partial charge in [-0.15, -0.1) is 0 Å².